The molecule has 3 N–H and O–H groups in total. The number of hydrogen-bond donors (Lipinski definition) is 2. The van der Waals surface area contributed by atoms with Gasteiger partial charge in [0.25, 0.3) is 0 Å². The first-order valence-electron chi connectivity index (χ1n) is 7.75. The number of nitrogens with one attached hydrogen (secondary N) is 1. The number of nitrogens with two attached hydrogens (primary N) is 1. The predicted molar refractivity (Wildman–Crippen MR) is 89.5 cm³/mol. The van der Waals surface area contributed by atoms with Crippen LogP contribution in [0.15, 0.2) is 30.5 Å². The van der Waals surface area contributed by atoms with E-state index in [-0.39, 0.29) is 0 Å². The molecule has 0 radical (unpaired) electrons. The van der Waals surface area contributed by atoms with Gasteiger partial charge in [0.05, 0.1) is 5.52 Å². The molecule has 1 saturated heterocycles. The van der Waals surface area contributed by atoms with Crippen LogP contribution in [-0.4, -0.2) is 35.6 Å². The van der Waals surface area contributed by atoms with Crippen molar-refractivity contribution in [2.75, 3.05) is 30.7 Å². The third-order valence-electron chi connectivity index (χ3n) is 4.40. The van der Waals surface area contributed by atoms with Crippen molar-refractivity contribution in [3.05, 3.63) is 30.5 Å². The van der Waals surface area contributed by atoms with Crippen LogP contribution in [-0.2, 0) is 0 Å². The van der Waals surface area contributed by atoms with Crippen LogP contribution in [0.1, 0.15) is 20.3 Å². The maximum absolute atomic E-state index is 5.83. The number of fused-ring (bicyclic) bond motifs is 1. The minimum Gasteiger partial charge on any atom is -0.399 e. The monoisotopic (exact) mass is 284 g/mol. The number of nitrogens with zero attached hydrogens (tertiary/aromatic N) is 2. The quantitative estimate of drug-likeness (QED) is 0.848. The zero-order valence-electron chi connectivity index (χ0n) is 12.8. The summed E-state index contributed by atoms with van der Waals surface area (Å²) in [4.78, 5) is 6.94. The summed E-state index contributed by atoms with van der Waals surface area (Å²) in [6.45, 7) is 7.98. The molecule has 3 rings (SSSR count). The van der Waals surface area contributed by atoms with E-state index in [1.807, 2.05) is 24.4 Å². The third-order valence-corrected chi connectivity index (χ3v) is 4.40. The number of aromatic nitrogens is 1. The average Bonchev–Trinajstić information content (AvgIpc) is 2.93. The van der Waals surface area contributed by atoms with Gasteiger partial charge >= 0.3 is 0 Å². The zero-order chi connectivity index (χ0) is 14.8. The maximum Gasteiger partial charge on any atom is 0.0743 e. The minimum absolute atomic E-state index is 0.653. The summed E-state index contributed by atoms with van der Waals surface area (Å²) >= 11 is 0. The zero-order valence-corrected chi connectivity index (χ0v) is 12.8. The van der Waals surface area contributed by atoms with Crippen LogP contribution < -0.4 is 11.1 Å². The highest BCUT2D eigenvalue weighted by Crippen LogP contribution is 2.25. The number of likely N-dealkylation sites (tertiary alicyclic amines) is 1. The van der Waals surface area contributed by atoms with Gasteiger partial charge < -0.3 is 16.0 Å². The largest absolute Gasteiger partial charge is 0.399 e. The molecule has 1 atom stereocenters. The maximum atomic E-state index is 5.83. The Labute approximate surface area is 126 Å². The van der Waals surface area contributed by atoms with Crippen molar-refractivity contribution in [1.29, 1.82) is 0 Å². The number of hydrogen-bond acceptors (Lipinski definition) is 4. The summed E-state index contributed by atoms with van der Waals surface area (Å²) in [5, 5.41) is 4.74. The van der Waals surface area contributed by atoms with Gasteiger partial charge in [0.15, 0.2) is 0 Å². The first-order chi connectivity index (χ1) is 10.1. The number of pyridine rings is 1. The minimum atomic E-state index is 0.653. The molecule has 0 saturated carbocycles. The molecule has 1 unspecified atom stereocenters. The number of nitrogen functional groups attached to an aromatic ring is 1. The lowest BCUT2D eigenvalue weighted by atomic mass is 10.1. The van der Waals surface area contributed by atoms with Crippen LogP contribution in [0.3, 0.4) is 0 Å². The molecule has 0 spiro atoms. The van der Waals surface area contributed by atoms with Gasteiger partial charge in [-0.3, -0.25) is 4.98 Å². The van der Waals surface area contributed by atoms with E-state index < -0.39 is 0 Å². The summed E-state index contributed by atoms with van der Waals surface area (Å²) in [5.41, 5.74) is 8.69. The van der Waals surface area contributed by atoms with E-state index >= 15 is 0 Å². The van der Waals surface area contributed by atoms with Crippen LogP contribution in [0.5, 0.6) is 0 Å². The van der Waals surface area contributed by atoms with Crippen LogP contribution in [0.2, 0.25) is 0 Å². The van der Waals surface area contributed by atoms with Gasteiger partial charge in [-0.25, -0.2) is 0 Å². The fourth-order valence-corrected chi connectivity index (χ4v) is 3.07. The second-order valence-corrected chi connectivity index (χ2v) is 6.26. The lowest BCUT2D eigenvalue weighted by Crippen LogP contribution is -2.29. The summed E-state index contributed by atoms with van der Waals surface area (Å²) in [6, 6.07) is 8.62. The molecular formula is C17H24N4. The Morgan fingerprint density at radius 3 is 3.00 bits per heavy atom. The SMILES string of the molecule is CC(C)N1CCC(CNc2ccnc3cc(N)ccc23)C1. The molecule has 112 valence electrons. The molecule has 1 aliphatic rings. The Hall–Kier alpha value is -1.81. The highest BCUT2D eigenvalue weighted by molar-refractivity contribution is 5.92. The molecule has 0 aliphatic carbocycles. The molecule has 1 aromatic carbocycles. The van der Waals surface area contributed by atoms with Crippen LogP contribution in [0.25, 0.3) is 10.9 Å². The Bertz CT molecular complexity index is 623. The highest BCUT2D eigenvalue weighted by atomic mass is 15.2. The predicted octanol–water partition coefficient (Wildman–Crippen LogP) is 2.96. The topological polar surface area (TPSA) is 54.2 Å². The van der Waals surface area contributed by atoms with Gasteiger partial charge in [-0.05, 0) is 57.0 Å². The summed E-state index contributed by atoms with van der Waals surface area (Å²) in [5.74, 6) is 0.726. The lowest BCUT2D eigenvalue weighted by molar-refractivity contribution is 0.266. The van der Waals surface area contributed by atoms with E-state index in [0.717, 1.165) is 34.7 Å². The Balaban J connectivity index is 1.69. The Morgan fingerprint density at radius 1 is 1.38 bits per heavy atom. The van der Waals surface area contributed by atoms with E-state index in [9.17, 15) is 0 Å². The summed E-state index contributed by atoms with van der Waals surface area (Å²) in [6.07, 6.45) is 3.13. The first-order valence-corrected chi connectivity index (χ1v) is 7.75. The average molecular weight is 284 g/mol. The molecule has 0 amide bonds. The van der Waals surface area contributed by atoms with Gasteiger partial charge in [-0.15, -0.1) is 0 Å². The fraction of sp³-hybridized carbons (Fsp3) is 0.471. The normalized spacial score (nSPS) is 19.5. The van der Waals surface area contributed by atoms with Gasteiger partial charge in [0.1, 0.15) is 0 Å². The van der Waals surface area contributed by atoms with Crippen molar-refractivity contribution in [2.24, 2.45) is 5.92 Å². The van der Waals surface area contributed by atoms with Gasteiger partial charge in [0, 0.05) is 42.1 Å². The molecule has 21 heavy (non-hydrogen) atoms. The fourth-order valence-electron chi connectivity index (χ4n) is 3.07. The molecule has 0 bridgehead atoms. The third kappa shape index (κ3) is 3.10. The lowest BCUT2D eigenvalue weighted by Gasteiger charge is -2.20. The van der Waals surface area contributed by atoms with Crippen molar-refractivity contribution < 1.29 is 0 Å². The standard InChI is InChI=1S/C17H24N4/c1-12(2)21-8-6-13(11-21)10-20-16-5-7-19-17-9-14(18)3-4-15(16)17/h3-5,7,9,12-13H,6,8,10-11,18H2,1-2H3,(H,19,20). The van der Waals surface area contributed by atoms with E-state index in [1.165, 1.54) is 19.5 Å². The van der Waals surface area contributed by atoms with Crippen LogP contribution in [0.4, 0.5) is 11.4 Å². The number of rotatable bonds is 4. The van der Waals surface area contributed by atoms with Crippen LogP contribution in [0, 0.1) is 5.92 Å². The molecule has 1 aliphatic heterocycles. The van der Waals surface area contributed by atoms with Crippen molar-refractivity contribution in [2.45, 2.75) is 26.3 Å². The number of anilines is 2. The van der Waals surface area contributed by atoms with E-state index in [4.69, 9.17) is 5.73 Å². The van der Waals surface area contributed by atoms with Crippen molar-refractivity contribution in [3.63, 3.8) is 0 Å². The van der Waals surface area contributed by atoms with Gasteiger partial charge in [-0.1, -0.05) is 0 Å². The van der Waals surface area contributed by atoms with E-state index in [2.05, 4.69) is 35.1 Å². The smallest absolute Gasteiger partial charge is 0.0743 e. The molecule has 2 heterocycles. The van der Waals surface area contributed by atoms with Crippen molar-refractivity contribution in [1.82, 2.24) is 9.88 Å². The summed E-state index contributed by atoms with van der Waals surface area (Å²) in [7, 11) is 0. The molecular weight excluding hydrogens is 260 g/mol. The molecule has 1 aromatic heterocycles. The molecule has 4 heteroatoms. The Kier molecular flexibility index (Phi) is 3.97. The van der Waals surface area contributed by atoms with Crippen LogP contribution >= 0.6 is 0 Å². The van der Waals surface area contributed by atoms with Crippen molar-refractivity contribution >= 4 is 22.3 Å². The first kappa shape index (κ1) is 14.1. The molecule has 1 fully saturated rings. The molecule has 2 aromatic rings. The summed E-state index contributed by atoms with van der Waals surface area (Å²) < 4.78 is 0. The van der Waals surface area contributed by atoms with E-state index in [0.29, 0.717) is 6.04 Å². The number of benzene rings is 1. The van der Waals surface area contributed by atoms with Crippen molar-refractivity contribution in [3.8, 4) is 0 Å². The second kappa shape index (κ2) is 5.90. The van der Waals surface area contributed by atoms with Gasteiger partial charge in [0.2, 0.25) is 0 Å². The van der Waals surface area contributed by atoms with E-state index in [1.54, 1.807) is 0 Å². The highest BCUT2D eigenvalue weighted by Gasteiger charge is 2.23. The second-order valence-electron chi connectivity index (χ2n) is 6.26. The van der Waals surface area contributed by atoms with Gasteiger partial charge in [-0.2, -0.15) is 0 Å². The Morgan fingerprint density at radius 2 is 2.24 bits per heavy atom. The molecule has 4 nitrogen and oxygen atoms in total.